The largest absolute Gasteiger partial charge is 0.347 e. The fourth-order valence-corrected chi connectivity index (χ4v) is 4.85. The standard InChI is InChI=1S/C25H39N5O3/c1-17(27-2)23(31)29-21(12-5-6-15-26)25(33)30-16-8-14-22(30)24(32)28-20-13-7-10-18-9-3-4-11-19(18)20/h3-4,9,11,17,20-22,27H,5-8,10,12-16,26H2,1-2H3,(H,28,32)(H,29,31)/t17-,20+,21-,22-/m0/s1. The molecule has 1 aliphatic heterocycles. The molecule has 1 saturated heterocycles. The zero-order valence-corrected chi connectivity index (χ0v) is 19.9. The van der Waals surface area contributed by atoms with Crippen molar-refractivity contribution in [2.24, 2.45) is 5.73 Å². The van der Waals surface area contributed by atoms with Gasteiger partial charge in [0.25, 0.3) is 0 Å². The van der Waals surface area contributed by atoms with Crippen LogP contribution in [0.15, 0.2) is 24.3 Å². The summed E-state index contributed by atoms with van der Waals surface area (Å²) in [6.07, 6.45) is 6.43. The molecule has 4 atom stereocenters. The average molecular weight is 458 g/mol. The number of carbonyl (C=O) groups excluding carboxylic acids is 3. The Labute approximate surface area is 197 Å². The van der Waals surface area contributed by atoms with Crippen molar-refractivity contribution in [3.05, 3.63) is 35.4 Å². The van der Waals surface area contributed by atoms with Gasteiger partial charge in [-0.05, 0) is 83.0 Å². The van der Waals surface area contributed by atoms with Gasteiger partial charge in [0.15, 0.2) is 0 Å². The molecule has 182 valence electrons. The number of aryl methyl sites for hydroxylation is 1. The highest BCUT2D eigenvalue weighted by Gasteiger charge is 2.38. The Hall–Kier alpha value is -2.45. The molecule has 0 spiro atoms. The van der Waals surface area contributed by atoms with E-state index in [4.69, 9.17) is 5.73 Å². The summed E-state index contributed by atoms with van der Waals surface area (Å²) in [4.78, 5) is 40.9. The Morgan fingerprint density at radius 2 is 1.94 bits per heavy atom. The zero-order valence-electron chi connectivity index (χ0n) is 19.9. The number of hydrogen-bond donors (Lipinski definition) is 4. The van der Waals surface area contributed by atoms with Crippen molar-refractivity contribution in [3.8, 4) is 0 Å². The van der Waals surface area contributed by atoms with Crippen LogP contribution < -0.4 is 21.7 Å². The molecule has 5 N–H and O–H groups in total. The fourth-order valence-electron chi connectivity index (χ4n) is 4.85. The molecular formula is C25H39N5O3. The number of nitrogens with zero attached hydrogens (tertiary/aromatic N) is 1. The molecule has 8 heteroatoms. The van der Waals surface area contributed by atoms with Crippen molar-refractivity contribution in [1.29, 1.82) is 0 Å². The van der Waals surface area contributed by atoms with E-state index >= 15 is 0 Å². The van der Waals surface area contributed by atoms with Crippen LogP contribution in [0.4, 0.5) is 0 Å². The lowest BCUT2D eigenvalue weighted by atomic mass is 9.87. The molecule has 0 aromatic heterocycles. The number of fused-ring (bicyclic) bond motifs is 1. The average Bonchev–Trinajstić information content (AvgIpc) is 3.33. The quantitative estimate of drug-likeness (QED) is 0.396. The van der Waals surface area contributed by atoms with Crippen molar-refractivity contribution in [2.75, 3.05) is 20.1 Å². The van der Waals surface area contributed by atoms with Gasteiger partial charge >= 0.3 is 0 Å². The SMILES string of the molecule is CN[C@@H](C)C(=O)N[C@@H](CCCCN)C(=O)N1CCC[C@H]1C(=O)N[C@@H]1CCCc2ccccc21. The number of hydrogen-bond acceptors (Lipinski definition) is 5. The highest BCUT2D eigenvalue weighted by atomic mass is 16.2. The number of benzene rings is 1. The molecule has 0 radical (unpaired) electrons. The molecule has 0 saturated carbocycles. The van der Waals surface area contributed by atoms with E-state index in [1.807, 2.05) is 12.1 Å². The number of rotatable bonds is 10. The number of nitrogens with one attached hydrogen (secondary N) is 3. The number of amides is 3. The van der Waals surface area contributed by atoms with Crippen LogP contribution in [0, 0.1) is 0 Å². The normalized spacial score (nSPS) is 21.7. The molecule has 1 aliphatic carbocycles. The molecule has 3 amide bonds. The van der Waals surface area contributed by atoms with E-state index in [9.17, 15) is 14.4 Å². The topological polar surface area (TPSA) is 117 Å². The first kappa shape index (κ1) is 25.2. The molecular weight excluding hydrogens is 418 g/mol. The molecule has 2 aliphatic rings. The third-order valence-corrected chi connectivity index (χ3v) is 6.91. The number of unbranched alkanes of at least 4 members (excludes halogenated alkanes) is 1. The van der Waals surface area contributed by atoms with Crippen molar-refractivity contribution in [2.45, 2.75) is 82.5 Å². The highest BCUT2D eigenvalue weighted by molar-refractivity contribution is 5.93. The predicted octanol–water partition coefficient (Wildman–Crippen LogP) is 1.39. The first-order valence-electron chi connectivity index (χ1n) is 12.3. The Morgan fingerprint density at radius 3 is 2.70 bits per heavy atom. The second-order valence-corrected chi connectivity index (χ2v) is 9.20. The Balaban J connectivity index is 1.69. The second kappa shape index (κ2) is 12.1. The smallest absolute Gasteiger partial charge is 0.245 e. The first-order valence-corrected chi connectivity index (χ1v) is 12.3. The summed E-state index contributed by atoms with van der Waals surface area (Å²) in [6.45, 7) is 2.83. The molecule has 8 nitrogen and oxygen atoms in total. The van der Waals surface area contributed by atoms with Crippen LogP contribution in [-0.4, -0.2) is 60.9 Å². The first-order chi connectivity index (χ1) is 16.0. The summed E-state index contributed by atoms with van der Waals surface area (Å²) < 4.78 is 0. The van der Waals surface area contributed by atoms with Gasteiger partial charge in [0.05, 0.1) is 12.1 Å². The van der Waals surface area contributed by atoms with E-state index in [0.717, 1.165) is 38.5 Å². The van der Waals surface area contributed by atoms with Gasteiger partial charge < -0.3 is 26.6 Å². The van der Waals surface area contributed by atoms with Crippen LogP contribution in [0.25, 0.3) is 0 Å². The van der Waals surface area contributed by atoms with Crippen LogP contribution in [0.5, 0.6) is 0 Å². The third kappa shape index (κ3) is 6.32. The van der Waals surface area contributed by atoms with Crippen molar-refractivity contribution >= 4 is 17.7 Å². The molecule has 0 unspecified atom stereocenters. The third-order valence-electron chi connectivity index (χ3n) is 6.91. The van der Waals surface area contributed by atoms with E-state index in [0.29, 0.717) is 25.9 Å². The van der Waals surface area contributed by atoms with Gasteiger partial charge in [0.2, 0.25) is 17.7 Å². The molecule has 3 rings (SSSR count). The number of likely N-dealkylation sites (tertiary alicyclic amines) is 1. The van der Waals surface area contributed by atoms with Crippen molar-refractivity contribution in [3.63, 3.8) is 0 Å². The Bertz CT molecular complexity index is 830. The molecule has 1 fully saturated rings. The summed E-state index contributed by atoms with van der Waals surface area (Å²) in [7, 11) is 1.71. The van der Waals surface area contributed by atoms with E-state index in [1.165, 1.54) is 11.1 Å². The summed E-state index contributed by atoms with van der Waals surface area (Å²) >= 11 is 0. The van der Waals surface area contributed by atoms with Gasteiger partial charge in [0, 0.05) is 6.54 Å². The van der Waals surface area contributed by atoms with E-state index < -0.39 is 18.1 Å². The minimum absolute atomic E-state index is 0.0171. The highest BCUT2D eigenvalue weighted by Crippen LogP contribution is 2.30. The summed E-state index contributed by atoms with van der Waals surface area (Å²) in [5, 5.41) is 9.01. The summed E-state index contributed by atoms with van der Waals surface area (Å²) in [5.74, 6) is -0.494. The maximum absolute atomic E-state index is 13.5. The van der Waals surface area contributed by atoms with Crippen LogP contribution in [0.2, 0.25) is 0 Å². The van der Waals surface area contributed by atoms with Gasteiger partial charge in [-0.25, -0.2) is 0 Å². The van der Waals surface area contributed by atoms with Crippen molar-refractivity contribution in [1.82, 2.24) is 20.9 Å². The molecule has 33 heavy (non-hydrogen) atoms. The fraction of sp³-hybridized carbons (Fsp3) is 0.640. The van der Waals surface area contributed by atoms with Gasteiger partial charge in [-0.15, -0.1) is 0 Å². The second-order valence-electron chi connectivity index (χ2n) is 9.20. The van der Waals surface area contributed by atoms with Crippen LogP contribution in [0.1, 0.15) is 69.0 Å². The Morgan fingerprint density at radius 1 is 1.15 bits per heavy atom. The molecule has 1 aromatic rings. The number of nitrogens with two attached hydrogens (primary N) is 1. The minimum atomic E-state index is -0.649. The van der Waals surface area contributed by atoms with E-state index in [-0.39, 0.29) is 23.8 Å². The summed E-state index contributed by atoms with van der Waals surface area (Å²) in [5.41, 5.74) is 8.09. The van der Waals surface area contributed by atoms with Crippen LogP contribution in [-0.2, 0) is 20.8 Å². The lowest BCUT2D eigenvalue weighted by Crippen LogP contribution is -2.55. The van der Waals surface area contributed by atoms with Gasteiger partial charge in [-0.1, -0.05) is 24.3 Å². The molecule has 0 bridgehead atoms. The number of carbonyl (C=O) groups is 3. The van der Waals surface area contributed by atoms with Gasteiger partial charge in [-0.2, -0.15) is 0 Å². The van der Waals surface area contributed by atoms with Crippen molar-refractivity contribution < 1.29 is 14.4 Å². The lowest BCUT2D eigenvalue weighted by molar-refractivity contribution is -0.142. The zero-order chi connectivity index (χ0) is 23.8. The van der Waals surface area contributed by atoms with E-state index in [1.54, 1.807) is 18.9 Å². The maximum Gasteiger partial charge on any atom is 0.245 e. The van der Waals surface area contributed by atoms with Gasteiger partial charge in [0.1, 0.15) is 12.1 Å². The van der Waals surface area contributed by atoms with E-state index in [2.05, 4.69) is 28.1 Å². The summed E-state index contributed by atoms with van der Waals surface area (Å²) in [6, 6.07) is 6.69. The molecule has 1 heterocycles. The lowest BCUT2D eigenvalue weighted by Gasteiger charge is -2.32. The number of likely N-dealkylation sites (N-methyl/N-ethyl adjacent to an activating group) is 1. The Kier molecular flexibility index (Phi) is 9.26. The van der Waals surface area contributed by atoms with Crippen LogP contribution >= 0.6 is 0 Å². The monoisotopic (exact) mass is 457 g/mol. The molecule has 1 aromatic carbocycles. The van der Waals surface area contributed by atoms with Gasteiger partial charge in [-0.3, -0.25) is 14.4 Å². The minimum Gasteiger partial charge on any atom is -0.347 e. The van der Waals surface area contributed by atoms with Crippen LogP contribution in [0.3, 0.4) is 0 Å². The predicted molar refractivity (Wildman–Crippen MR) is 128 cm³/mol. The maximum atomic E-state index is 13.5.